The molecule has 0 aromatic heterocycles. The van der Waals surface area contributed by atoms with Crippen molar-refractivity contribution < 1.29 is 4.39 Å². The highest BCUT2D eigenvalue weighted by Gasteiger charge is 1.98. The Hall–Kier alpha value is -1.18. The van der Waals surface area contributed by atoms with Crippen LogP contribution in [0.2, 0.25) is 0 Å². The average molecular weight is 179 g/mol. The molecule has 0 unspecified atom stereocenters. The van der Waals surface area contributed by atoms with Crippen LogP contribution in [0.5, 0.6) is 0 Å². The van der Waals surface area contributed by atoms with Gasteiger partial charge in [0.2, 0.25) is 0 Å². The van der Waals surface area contributed by atoms with Crippen LogP contribution in [0.1, 0.15) is 18.4 Å². The third-order valence-electron chi connectivity index (χ3n) is 1.97. The molecule has 70 valence electrons. The highest BCUT2D eigenvalue weighted by atomic mass is 19.1. The lowest BCUT2D eigenvalue weighted by atomic mass is 10.1. The molecule has 0 atom stereocenters. The summed E-state index contributed by atoms with van der Waals surface area (Å²) in [6.07, 6.45) is 2.75. The lowest BCUT2D eigenvalue weighted by Crippen LogP contribution is -1.91. The van der Waals surface area contributed by atoms with Gasteiger partial charge in [0.15, 0.2) is 0 Å². The smallest absolute Gasteiger partial charge is 0.126 e. The maximum Gasteiger partial charge on any atom is 0.126 e. The lowest BCUT2D eigenvalue weighted by Gasteiger charge is -2.01. The summed E-state index contributed by atoms with van der Waals surface area (Å²) in [5.74, 6) is -0.103. The van der Waals surface area contributed by atoms with Gasteiger partial charge in [0.05, 0.1) is 0 Å². The zero-order valence-electron chi connectivity index (χ0n) is 7.67. The number of hydrogen-bond acceptors (Lipinski definition) is 1. The van der Waals surface area contributed by atoms with Gasteiger partial charge in [-0.3, -0.25) is 0 Å². The third kappa shape index (κ3) is 3.36. The van der Waals surface area contributed by atoms with Gasteiger partial charge in [-0.15, -0.1) is 0 Å². The van der Waals surface area contributed by atoms with Crippen LogP contribution in [0.4, 0.5) is 4.39 Å². The number of nitrogens with zero attached hydrogens (tertiary/aromatic N) is 1. The van der Waals surface area contributed by atoms with E-state index in [1.54, 1.807) is 6.07 Å². The normalized spacial score (nSPS) is 9.92. The van der Waals surface area contributed by atoms with Crippen LogP contribution in [0, 0.1) is 5.82 Å². The van der Waals surface area contributed by atoms with Crippen molar-refractivity contribution in [2.45, 2.75) is 19.3 Å². The van der Waals surface area contributed by atoms with Gasteiger partial charge in [-0.2, -0.15) is 0 Å². The van der Waals surface area contributed by atoms with Gasteiger partial charge in [0.25, 0.3) is 0 Å². The Labute approximate surface area is 78.3 Å². The number of hydrogen-bond donors (Lipinski definition) is 0. The molecule has 0 N–H and O–H groups in total. The van der Waals surface area contributed by atoms with Gasteiger partial charge in [-0.05, 0) is 37.6 Å². The second-order valence-corrected chi connectivity index (χ2v) is 3.00. The summed E-state index contributed by atoms with van der Waals surface area (Å²) in [7, 11) is 0. The number of unbranched alkanes of at least 4 members (excludes halogenated alkanes) is 1. The van der Waals surface area contributed by atoms with E-state index in [4.69, 9.17) is 0 Å². The summed E-state index contributed by atoms with van der Waals surface area (Å²) in [6, 6.07) is 6.91. The minimum absolute atomic E-state index is 0.103. The molecule has 0 aliphatic heterocycles. The van der Waals surface area contributed by atoms with Crippen molar-refractivity contribution in [3.63, 3.8) is 0 Å². The number of aliphatic imine (C=N–C) groups is 1. The van der Waals surface area contributed by atoms with Crippen molar-refractivity contribution in [2.75, 3.05) is 6.54 Å². The Kier molecular flexibility index (Phi) is 4.16. The molecular weight excluding hydrogens is 165 g/mol. The molecule has 0 spiro atoms. The molecule has 0 amide bonds. The Morgan fingerprint density at radius 2 is 2.00 bits per heavy atom. The monoisotopic (exact) mass is 179 g/mol. The molecule has 1 nitrogen and oxygen atoms in total. The Morgan fingerprint density at radius 3 is 2.69 bits per heavy atom. The van der Waals surface area contributed by atoms with Gasteiger partial charge in [0, 0.05) is 6.54 Å². The summed E-state index contributed by atoms with van der Waals surface area (Å²) >= 11 is 0. The van der Waals surface area contributed by atoms with E-state index in [-0.39, 0.29) is 5.82 Å². The van der Waals surface area contributed by atoms with Crippen LogP contribution in [-0.4, -0.2) is 13.3 Å². The minimum Gasteiger partial charge on any atom is -0.301 e. The molecule has 1 aromatic rings. The Morgan fingerprint density at radius 1 is 1.23 bits per heavy atom. The van der Waals surface area contributed by atoms with Crippen molar-refractivity contribution in [3.05, 3.63) is 35.6 Å². The summed E-state index contributed by atoms with van der Waals surface area (Å²) in [5.41, 5.74) is 0.798. The van der Waals surface area contributed by atoms with Crippen molar-refractivity contribution in [3.8, 4) is 0 Å². The van der Waals surface area contributed by atoms with Gasteiger partial charge in [-0.1, -0.05) is 18.2 Å². The van der Waals surface area contributed by atoms with Crippen LogP contribution >= 0.6 is 0 Å². The molecule has 0 heterocycles. The molecule has 2 heteroatoms. The number of rotatable bonds is 5. The Bertz CT molecular complexity index is 271. The zero-order chi connectivity index (χ0) is 9.52. The molecule has 0 aliphatic carbocycles. The first kappa shape index (κ1) is 9.90. The number of benzene rings is 1. The summed E-state index contributed by atoms with van der Waals surface area (Å²) in [4.78, 5) is 3.75. The van der Waals surface area contributed by atoms with Gasteiger partial charge >= 0.3 is 0 Å². The van der Waals surface area contributed by atoms with E-state index in [0.29, 0.717) is 0 Å². The van der Waals surface area contributed by atoms with Crippen LogP contribution < -0.4 is 0 Å². The maximum absolute atomic E-state index is 13.1. The summed E-state index contributed by atoms with van der Waals surface area (Å²) < 4.78 is 13.1. The quantitative estimate of drug-likeness (QED) is 0.487. The molecule has 0 fully saturated rings. The predicted molar refractivity (Wildman–Crippen MR) is 53.8 cm³/mol. The van der Waals surface area contributed by atoms with Gasteiger partial charge < -0.3 is 4.99 Å². The molecule has 0 saturated heterocycles. The molecule has 13 heavy (non-hydrogen) atoms. The standard InChI is InChI=1S/C11H14FN/c1-13-9-5-4-7-10-6-2-3-8-11(10)12/h2-3,6,8H,1,4-5,7,9H2. The molecule has 0 saturated carbocycles. The van der Waals surface area contributed by atoms with E-state index >= 15 is 0 Å². The van der Waals surface area contributed by atoms with Crippen molar-refractivity contribution in [2.24, 2.45) is 4.99 Å². The van der Waals surface area contributed by atoms with Gasteiger partial charge in [0.1, 0.15) is 5.82 Å². The van der Waals surface area contributed by atoms with Crippen molar-refractivity contribution >= 4 is 6.72 Å². The molecule has 1 rings (SSSR count). The summed E-state index contributed by atoms with van der Waals surface area (Å²) in [5, 5.41) is 0. The number of halogens is 1. The fraction of sp³-hybridized carbons (Fsp3) is 0.364. The first-order chi connectivity index (χ1) is 6.34. The fourth-order valence-electron chi connectivity index (χ4n) is 1.24. The zero-order valence-corrected chi connectivity index (χ0v) is 7.67. The van der Waals surface area contributed by atoms with Crippen molar-refractivity contribution in [1.29, 1.82) is 0 Å². The van der Waals surface area contributed by atoms with Crippen LogP contribution in [0.3, 0.4) is 0 Å². The van der Waals surface area contributed by atoms with Gasteiger partial charge in [-0.25, -0.2) is 4.39 Å². The second kappa shape index (κ2) is 5.46. The second-order valence-electron chi connectivity index (χ2n) is 3.00. The first-order valence-corrected chi connectivity index (χ1v) is 4.50. The van der Waals surface area contributed by atoms with Crippen molar-refractivity contribution in [1.82, 2.24) is 0 Å². The molecule has 0 bridgehead atoms. The van der Waals surface area contributed by atoms with Crippen LogP contribution in [0.25, 0.3) is 0 Å². The molecule has 0 radical (unpaired) electrons. The SMILES string of the molecule is C=NCCCCc1ccccc1F. The largest absolute Gasteiger partial charge is 0.301 e. The third-order valence-corrected chi connectivity index (χ3v) is 1.97. The molecule has 1 aromatic carbocycles. The maximum atomic E-state index is 13.1. The first-order valence-electron chi connectivity index (χ1n) is 4.50. The van der Waals surface area contributed by atoms with E-state index in [1.165, 1.54) is 6.07 Å². The topological polar surface area (TPSA) is 12.4 Å². The molecular formula is C11H14FN. The minimum atomic E-state index is -0.103. The molecule has 0 aliphatic rings. The highest BCUT2D eigenvalue weighted by molar-refractivity contribution is 5.23. The Balaban J connectivity index is 2.36. The van der Waals surface area contributed by atoms with E-state index < -0.39 is 0 Å². The fourth-order valence-corrected chi connectivity index (χ4v) is 1.24. The average Bonchev–Trinajstić information content (AvgIpc) is 2.15. The van der Waals surface area contributed by atoms with E-state index in [9.17, 15) is 4.39 Å². The van der Waals surface area contributed by atoms with Crippen LogP contribution in [0.15, 0.2) is 29.3 Å². The van der Waals surface area contributed by atoms with E-state index in [0.717, 1.165) is 31.4 Å². The lowest BCUT2D eigenvalue weighted by molar-refractivity contribution is 0.601. The highest BCUT2D eigenvalue weighted by Crippen LogP contribution is 2.09. The summed E-state index contributed by atoms with van der Waals surface area (Å²) in [6.45, 7) is 4.17. The predicted octanol–water partition coefficient (Wildman–Crippen LogP) is 2.85. The van der Waals surface area contributed by atoms with E-state index in [1.807, 2.05) is 12.1 Å². The van der Waals surface area contributed by atoms with E-state index in [2.05, 4.69) is 11.7 Å². The van der Waals surface area contributed by atoms with Crippen LogP contribution in [-0.2, 0) is 6.42 Å². The number of aryl methyl sites for hydroxylation is 1.